The Hall–Kier alpha value is -2.43. The SMILES string of the molecule is COc1ccc(C(O)c2ccc(Sc3ccccc3)cc2)c(OC)c1. The van der Waals surface area contributed by atoms with Crippen LogP contribution in [0.4, 0.5) is 0 Å². The van der Waals surface area contributed by atoms with Crippen molar-refractivity contribution < 1.29 is 14.6 Å². The molecule has 0 aromatic heterocycles. The van der Waals surface area contributed by atoms with E-state index in [1.54, 1.807) is 32.0 Å². The monoisotopic (exact) mass is 352 g/mol. The van der Waals surface area contributed by atoms with E-state index in [4.69, 9.17) is 9.47 Å². The molecule has 3 rings (SSSR count). The molecule has 0 heterocycles. The van der Waals surface area contributed by atoms with Gasteiger partial charge in [0, 0.05) is 21.4 Å². The Kier molecular flexibility index (Phi) is 5.64. The normalized spacial score (nSPS) is 11.8. The molecule has 3 aromatic carbocycles. The van der Waals surface area contributed by atoms with E-state index in [0.29, 0.717) is 17.1 Å². The van der Waals surface area contributed by atoms with E-state index >= 15 is 0 Å². The first kappa shape index (κ1) is 17.4. The highest BCUT2D eigenvalue weighted by atomic mass is 32.2. The Bertz CT molecular complexity index is 816. The molecule has 0 fully saturated rings. The largest absolute Gasteiger partial charge is 0.497 e. The Balaban J connectivity index is 1.80. The van der Waals surface area contributed by atoms with Crippen LogP contribution in [-0.2, 0) is 0 Å². The molecule has 128 valence electrons. The van der Waals surface area contributed by atoms with Gasteiger partial charge in [-0.25, -0.2) is 0 Å². The summed E-state index contributed by atoms with van der Waals surface area (Å²) in [4.78, 5) is 2.32. The summed E-state index contributed by atoms with van der Waals surface area (Å²) in [5, 5.41) is 10.7. The zero-order valence-corrected chi connectivity index (χ0v) is 15.0. The van der Waals surface area contributed by atoms with E-state index in [1.807, 2.05) is 54.6 Å². The molecule has 3 aromatic rings. The second-order valence-electron chi connectivity index (χ2n) is 5.49. The lowest BCUT2D eigenvalue weighted by Crippen LogP contribution is -2.02. The van der Waals surface area contributed by atoms with Gasteiger partial charge in [-0.3, -0.25) is 0 Å². The van der Waals surface area contributed by atoms with Crippen LogP contribution in [0.3, 0.4) is 0 Å². The highest BCUT2D eigenvalue weighted by Gasteiger charge is 2.16. The van der Waals surface area contributed by atoms with Crippen molar-refractivity contribution in [3.05, 3.63) is 83.9 Å². The summed E-state index contributed by atoms with van der Waals surface area (Å²) in [6, 6.07) is 23.6. The Morgan fingerprint density at radius 1 is 0.800 bits per heavy atom. The number of aliphatic hydroxyl groups excluding tert-OH is 1. The molecule has 0 amide bonds. The van der Waals surface area contributed by atoms with Crippen molar-refractivity contribution in [1.82, 2.24) is 0 Å². The van der Waals surface area contributed by atoms with Gasteiger partial charge in [-0.15, -0.1) is 0 Å². The molecule has 0 radical (unpaired) electrons. The van der Waals surface area contributed by atoms with Crippen LogP contribution in [0.25, 0.3) is 0 Å². The molecule has 0 spiro atoms. The quantitative estimate of drug-likeness (QED) is 0.682. The molecule has 0 bridgehead atoms. The summed E-state index contributed by atoms with van der Waals surface area (Å²) in [6.07, 6.45) is -0.753. The van der Waals surface area contributed by atoms with Crippen LogP contribution in [0.15, 0.2) is 82.6 Å². The number of methoxy groups -OCH3 is 2. The average molecular weight is 352 g/mol. The van der Waals surface area contributed by atoms with Gasteiger partial charge in [0.05, 0.1) is 14.2 Å². The van der Waals surface area contributed by atoms with E-state index in [2.05, 4.69) is 12.1 Å². The summed E-state index contributed by atoms with van der Waals surface area (Å²) in [5.41, 5.74) is 1.53. The van der Waals surface area contributed by atoms with Crippen molar-refractivity contribution in [2.75, 3.05) is 14.2 Å². The van der Waals surface area contributed by atoms with Crippen LogP contribution in [-0.4, -0.2) is 19.3 Å². The summed E-state index contributed by atoms with van der Waals surface area (Å²) in [7, 11) is 3.19. The molecule has 1 atom stereocenters. The molecular formula is C21H20O3S. The van der Waals surface area contributed by atoms with Crippen LogP contribution >= 0.6 is 11.8 Å². The highest BCUT2D eigenvalue weighted by Crippen LogP contribution is 2.34. The minimum Gasteiger partial charge on any atom is -0.497 e. The predicted molar refractivity (Wildman–Crippen MR) is 101 cm³/mol. The molecule has 0 saturated carbocycles. The lowest BCUT2D eigenvalue weighted by atomic mass is 10.0. The molecule has 4 heteroatoms. The molecule has 0 aliphatic rings. The minimum absolute atomic E-state index is 0.606. The third kappa shape index (κ3) is 4.16. The number of benzene rings is 3. The minimum atomic E-state index is -0.753. The fourth-order valence-electron chi connectivity index (χ4n) is 2.57. The number of hydrogen-bond acceptors (Lipinski definition) is 4. The van der Waals surface area contributed by atoms with E-state index in [1.165, 1.54) is 4.90 Å². The first-order valence-electron chi connectivity index (χ1n) is 7.94. The van der Waals surface area contributed by atoms with E-state index in [-0.39, 0.29) is 0 Å². The summed E-state index contributed by atoms with van der Waals surface area (Å²) < 4.78 is 10.6. The van der Waals surface area contributed by atoms with Gasteiger partial charge in [-0.05, 0) is 42.0 Å². The van der Waals surface area contributed by atoms with Gasteiger partial charge in [-0.2, -0.15) is 0 Å². The van der Waals surface area contributed by atoms with Gasteiger partial charge >= 0.3 is 0 Å². The molecule has 3 nitrogen and oxygen atoms in total. The smallest absolute Gasteiger partial charge is 0.128 e. The zero-order chi connectivity index (χ0) is 17.6. The van der Waals surface area contributed by atoms with Gasteiger partial charge in [0.25, 0.3) is 0 Å². The maximum atomic E-state index is 10.7. The van der Waals surface area contributed by atoms with Crippen LogP contribution < -0.4 is 9.47 Å². The number of rotatable bonds is 6. The van der Waals surface area contributed by atoms with Crippen molar-refractivity contribution in [2.24, 2.45) is 0 Å². The topological polar surface area (TPSA) is 38.7 Å². The second kappa shape index (κ2) is 8.10. The van der Waals surface area contributed by atoms with Gasteiger partial charge < -0.3 is 14.6 Å². The van der Waals surface area contributed by atoms with E-state index in [9.17, 15) is 5.11 Å². The van der Waals surface area contributed by atoms with Gasteiger partial charge in [0.1, 0.15) is 17.6 Å². The highest BCUT2D eigenvalue weighted by molar-refractivity contribution is 7.99. The second-order valence-corrected chi connectivity index (χ2v) is 6.64. The molecule has 25 heavy (non-hydrogen) atoms. The molecular weight excluding hydrogens is 332 g/mol. The van der Waals surface area contributed by atoms with Crippen molar-refractivity contribution in [1.29, 1.82) is 0 Å². The predicted octanol–water partition coefficient (Wildman–Crippen LogP) is 4.94. The van der Waals surface area contributed by atoms with Crippen LogP contribution in [0.5, 0.6) is 11.5 Å². The first-order valence-corrected chi connectivity index (χ1v) is 8.76. The fourth-order valence-corrected chi connectivity index (χ4v) is 3.40. The third-order valence-corrected chi connectivity index (χ3v) is 4.93. The van der Waals surface area contributed by atoms with Crippen molar-refractivity contribution in [2.45, 2.75) is 15.9 Å². The Labute approximate surface area is 152 Å². The zero-order valence-electron chi connectivity index (χ0n) is 14.2. The van der Waals surface area contributed by atoms with Crippen molar-refractivity contribution in [3.63, 3.8) is 0 Å². The Morgan fingerprint density at radius 2 is 1.48 bits per heavy atom. The summed E-state index contributed by atoms with van der Waals surface area (Å²) in [5.74, 6) is 1.30. The number of aliphatic hydroxyl groups is 1. The standard InChI is InChI=1S/C21H20O3S/c1-23-16-10-13-19(20(14-16)24-2)21(22)15-8-11-18(12-9-15)25-17-6-4-3-5-7-17/h3-14,21-22H,1-2H3. The van der Waals surface area contributed by atoms with E-state index < -0.39 is 6.10 Å². The van der Waals surface area contributed by atoms with Crippen molar-refractivity contribution >= 4 is 11.8 Å². The molecule has 1 N–H and O–H groups in total. The van der Waals surface area contributed by atoms with Crippen molar-refractivity contribution in [3.8, 4) is 11.5 Å². The van der Waals surface area contributed by atoms with E-state index in [0.717, 1.165) is 10.5 Å². The Morgan fingerprint density at radius 3 is 2.12 bits per heavy atom. The fraction of sp³-hybridized carbons (Fsp3) is 0.143. The molecule has 0 aliphatic carbocycles. The lowest BCUT2D eigenvalue weighted by molar-refractivity contribution is 0.214. The maximum Gasteiger partial charge on any atom is 0.128 e. The molecule has 0 saturated heterocycles. The lowest BCUT2D eigenvalue weighted by Gasteiger charge is -2.16. The maximum absolute atomic E-state index is 10.7. The molecule has 0 aliphatic heterocycles. The number of ether oxygens (including phenoxy) is 2. The summed E-state index contributed by atoms with van der Waals surface area (Å²) >= 11 is 1.69. The van der Waals surface area contributed by atoms with Gasteiger partial charge in [0.15, 0.2) is 0 Å². The van der Waals surface area contributed by atoms with Gasteiger partial charge in [0.2, 0.25) is 0 Å². The van der Waals surface area contributed by atoms with Crippen LogP contribution in [0.1, 0.15) is 17.2 Å². The first-order chi connectivity index (χ1) is 12.2. The average Bonchev–Trinajstić information content (AvgIpc) is 2.68. The van der Waals surface area contributed by atoms with Crippen LogP contribution in [0, 0.1) is 0 Å². The number of hydrogen-bond donors (Lipinski definition) is 1. The third-order valence-electron chi connectivity index (χ3n) is 3.91. The summed E-state index contributed by atoms with van der Waals surface area (Å²) in [6.45, 7) is 0. The van der Waals surface area contributed by atoms with Crippen LogP contribution in [0.2, 0.25) is 0 Å². The van der Waals surface area contributed by atoms with Gasteiger partial charge in [-0.1, -0.05) is 42.1 Å². The molecule has 1 unspecified atom stereocenters.